The predicted molar refractivity (Wildman–Crippen MR) is 62.5 cm³/mol. The fraction of sp³-hybridized carbons (Fsp3) is 0.154. The summed E-state index contributed by atoms with van der Waals surface area (Å²) in [5, 5.41) is 0. The van der Waals surface area contributed by atoms with Gasteiger partial charge in [0.1, 0.15) is 5.82 Å². The lowest BCUT2D eigenvalue weighted by molar-refractivity contribution is 1.03. The Kier molecular flexibility index (Phi) is 2.98. The van der Waals surface area contributed by atoms with Gasteiger partial charge in [0, 0.05) is 18.8 Å². The van der Waals surface area contributed by atoms with E-state index in [2.05, 4.69) is 40.3 Å². The molecule has 0 aliphatic carbocycles. The Bertz CT molecular complexity index is 424. The molecule has 0 bridgehead atoms. The minimum absolute atomic E-state index is 0.864. The van der Waals surface area contributed by atoms with Crippen LogP contribution in [-0.2, 0) is 6.42 Å². The lowest BCUT2D eigenvalue weighted by Crippen LogP contribution is -1.90. The van der Waals surface area contributed by atoms with Crippen LogP contribution in [0.1, 0.15) is 23.9 Å². The van der Waals surface area contributed by atoms with E-state index in [4.69, 9.17) is 0 Å². The summed E-state index contributed by atoms with van der Waals surface area (Å²) < 4.78 is 0. The highest BCUT2D eigenvalue weighted by Crippen LogP contribution is 2.09. The topological polar surface area (TPSA) is 28.7 Å². The normalized spacial score (nSPS) is 11.0. The van der Waals surface area contributed by atoms with Gasteiger partial charge in [-0.2, -0.15) is 0 Å². The van der Waals surface area contributed by atoms with Gasteiger partial charge in [-0.3, -0.25) is 0 Å². The molecule has 1 heterocycles. The maximum atomic E-state index is 4.20. The summed E-state index contributed by atoms with van der Waals surface area (Å²) in [5.74, 6) is 1.01. The minimum Gasteiger partial charge on any atom is -0.348 e. The van der Waals surface area contributed by atoms with Crippen LogP contribution in [0.3, 0.4) is 0 Å². The van der Waals surface area contributed by atoms with E-state index in [0.717, 1.165) is 12.2 Å². The zero-order valence-electron chi connectivity index (χ0n) is 8.77. The van der Waals surface area contributed by atoms with Gasteiger partial charge in [-0.25, -0.2) is 4.98 Å². The van der Waals surface area contributed by atoms with Gasteiger partial charge in [0.2, 0.25) is 0 Å². The third kappa shape index (κ3) is 2.56. The third-order valence-electron chi connectivity index (χ3n) is 2.27. The summed E-state index contributed by atoms with van der Waals surface area (Å²) in [6.45, 7) is 2.02. The molecule has 0 saturated heterocycles. The highest BCUT2D eigenvalue weighted by molar-refractivity contribution is 5.49. The first-order valence-electron chi connectivity index (χ1n) is 5.08. The first-order chi connectivity index (χ1) is 7.38. The Labute approximate surface area is 89.7 Å². The van der Waals surface area contributed by atoms with Crippen molar-refractivity contribution in [2.45, 2.75) is 13.3 Å². The number of imidazole rings is 1. The van der Waals surface area contributed by atoms with Crippen molar-refractivity contribution in [3.05, 3.63) is 59.7 Å². The molecular weight excluding hydrogens is 184 g/mol. The Morgan fingerprint density at radius 2 is 2.07 bits per heavy atom. The molecule has 2 aromatic rings. The molecule has 0 unspecified atom stereocenters. The second-order valence-electron chi connectivity index (χ2n) is 3.45. The SMILES string of the molecule is CC=Cc1ccc(Cc2ncc[nH]2)cc1. The van der Waals surface area contributed by atoms with Crippen LogP contribution in [0.15, 0.2) is 42.7 Å². The number of nitrogens with one attached hydrogen (secondary N) is 1. The van der Waals surface area contributed by atoms with E-state index < -0.39 is 0 Å². The lowest BCUT2D eigenvalue weighted by Gasteiger charge is -1.99. The summed E-state index contributed by atoms with van der Waals surface area (Å²) in [4.78, 5) is 7.30. The quantitative estimate of drug-likeness (QED) is 0.806. The molecule has 1 aromatic carbocycles. The van der Waals surface area contributed by atoms with Crippen molar-refractivity contribution in [3.8, 4) is 0 Å². The van der Waals surface area contributed by atoms with E-state index in [-0.39, 0.29) is 0 Å². The first-order valence-corrected chi connectivity index (χ1v) is 5.08. The number of rotatable bonds is 3. The molecule has 0 radical (unpaired) electrons. The van der Waals surface area contributed by atoms with Crippen LogP contribution in [0.2, 0.25) is 0 Å². The number of hydrogen-bond donors (Lipinski definition) is 1. The summed E-state index contributed by atoms with van der Waals surface area (Å²) in [6, 6.07) is 8.52. The average molecular weight is 198 g/mol. The summed E-state index contributed by atoms with van der Waals surface area (Å²) >= 11 is 0. The zero-order chi connectivity index (χ0) is 10.5. The largest absolute Gasteiger partial charge is 0.348 e. The lowest BCUT2D eigenvalue weighted by atomic mass is 10.1. The van der Waals surface area contributed by atoms with E-state index in [1.165, 1.54) is 11.1 Å². The van der Waals surface area contributed by atoms with Crippen LogP contribution >= 0.6 is 0 Å². The molecule has 0 aliphatic heterocycles. The number of H-pyrrole nitrogens is 1. The molecule has 1 N–H and O–H groups in total. The van der Waals surface area contributed by atoms with Gasteiger partial charge in [0.25, 0.3) is 0 Å². The number of hydrogen-bond acceptors (Lipinski definition) is 1. The smallest absolute Gasteiger partial charge is 0.110 e. The monoisotopic (exact) mass is 198 g/mol. The van der Waals surface area contributed by atoms with Gasteiger partial charge in [-0.15, -0.1) is 0 Å². The number of aromatic nitrogens is 2. The van der Waals surface area contributed by atoms with Crippen LogP contribution in [0.5, 0.6) is 0 Å². The molecule has 0 saturated carbocycles. The van der Waals surface area contributed by atoms with Crippen LogP contribution < -0.4 is 0 Å². The van der Waals surface area contributed by atoms with E-state index in [1.807, 2.05) is 19.2 Å². The average Bonchev–Trinajstić information content (AvgIpc) is 2.74. The molecule has 0 aliphatic rings. The van der Waals surface area contributed by atoms with Crippen molar-refractivity contribution in [3.63, 3.8) is 0 Å². The Balaban J connectivity index is 2.10. The van der Waals surface area contributed by atoms with Gasteiger partial charge in [0.05, 0.1) is 0 Å². The van der Waals surface area contributed by atoms with Crippen LogP contribution in [-0.4, -0.2) is 9.97 Å². The third-order valence-corrected chi connectivity index (χ3v) is 2.27. The van der Waals surface area contributed by atoms with Crippen molar-refractivity contribution in [2.24, 2.45) is 0 Å². The van der Waals surface area contributed by atoms with Crippen molar-refractivity contribution in [1.82, 2.24) is 9.97 Å². The summed E-state index contributed by atoms with van der Waals surface area (Å²) in [7, 11) is 0. The van der Waals surface area contributed by atoms with E-state index in [0.29, 0.717) is 0 Å². The van der Waals surface area contributed by atoms with Crippen LogP contribution in [0.25, 0.3) is 6.08 Å². The zero-order valence-corrected chi connectivity index (χ0v) is 8.77. The van der Waals surface area contributed by atoms with E-state index in [1.54, 1.807) is 6.20 Å². The van der Waals surface area contributed by atoms with Gasteiger partial charge >= 0.3 is 0 Å². The number of benzene rings is 1. The molecule has 2 heteroatoms. The summed E-state index contributed by atoms with van der Waals surface area (Å²) in [6.07, 6.45) is 8.63. The molecule has 0 spiro atoms. The van der Waals surface area contributed by atoms with Gasteiger partial charge in [-0.1, -0.05) is 36.4 Å². The second kappa shape index (κ2) is 4.60. The second-order valence-corrected chi connectivity index (χ2v) is 3.45. The molecular formula is C13H14N2. The van der Waals surface area contributed by atoms with Crippen LogP contribution in [0.4, 0.5) is 0 Å². The van der Waals surface area contributed by atoms with E-state index in [9.17, 15) is 0 Å². The van der Waals surface area contributed by atoms with Crippen molar-refractivity contribution in [1.29, 1.82) is 0 Å². The molecule has 2 rings (SSSR count). The standard InChI is InChI=1S/C13H14N2/c1-2-3-11-4-6-12(7-5-11)10-13-14-8-9-15-13/h2-9H,10H2,1H3,(H,14,15). The fourth-order valence-electron chi connectivity index (χ4n) is 1.53. The molecule has 0 atom stereocenters. The first kappa shape index (κ1) is 9.71. The van der Waals surface area contributed by atoms with Crippen molar-refractivity contribution in [2.75, 3.05) is 0 Å². The van der Waals surface area contributed by atoms with Gasteiger partial charge < -0.3 is 4.98 Å². The molecule has 2 nitrogen and oxygen atoms in total. The Morgan fingerprint density at radius 1 is 1.27 bits per heavy atom. The molecule has 15 heavy (non-hydrogen) atoms. The van der Waals surface area contributed by atoms with E-state index >= 15 is 0 Å². The van der Waals surface area contributed by atoms with Crippen molar-refractivity contribution < 1.29 is 0 Å². The predicted octanol–water partition coefficient (Wildman–Crippen LogP) is 3.03. The summed E-state index contributed by atoms with van der Waals surface area (Å²) in [5.41, 5.74) is 2.51. The number of aromatic amines is 1. The molecule has 76 valence electrons. The fourth-order valence-corrected chi connectivity index (χ4v) is 1.53. The molecule has 0 fully saturated rings. The van der Waals surface area contributed by atoms with Crippen LogP contribution in [0, 0.1) is 0 Å². The highest BCUT2D eigenvalue weighted by atomic mass is 14.9. The van der Waals surface area contributed by atoms with Gasteiger partial charge in [0.15, 0.2) is 0 Å². The Morgan fingerprint density at radius 3 is 2.67 bits per heavy atom. The maximum Gasteiger partial charge on any atom is 0.110 e. The molecule has 0 amide bonds. The highest BCUT2D eigenvalue weighted by Gasteiger charge is 1.97. The maximum absolute atomic E-state index is 4.20. The van der Waals surface area contributed by atoms with Gasteiger partial charge in [-0.05, 0) is 18.1 Å². The van der Waals surface area contributed by atoms with Crippen molar-refractivity contribution >= 4 is 6.08 Å². The number of allylic oxidation sites excluding steroid dienone is 1. The Hall–Kier alpha value is -1.83. The number of nitrogens with zero attached hydrogens (tertiary/aromatic N) is 1. The molecule has 1 aromatic heterocycles. The minimum atomic E-state index is 0.864.